The molecule has 3 aromatic carbocycles. The van der Waals surface area contributed by atoms with Crippen molar-refractivity contribution < 1.29 is 14.3 Å². The number of hydrogen-bond acceptors (Lipinski definition) is 7. The number of aromatic nitrogens is 3. The first kappa shape index (κ1) is 30.8. The van der Waals surface area contributed by atoms with E-state index in [1.807, 2.05) is 89.3 Å². The number of nitrogens with zero attached hydrogens (tertiary/aromatic N) is 3. The molecular weight excluding hydrogens is 602 g/mol. The van der Waals surface area contributed by atoms with E-state index >= 15 is 0 Å². The lowest BCUT2D eigenvalue weighted by Crippen LogP contribution is -2.29. The summed E-state index contributed by atoms with van der Waals surface area (Å²) in [6, 6.07) is 24.0. The molecule has 0 saturated heterocycles. The number of thiazole rings is 1. The van der Waals surface area contributed by atoms with E-state index in [0.29, 0.717) is 5.02 Å². The summed E-state index contributed by atoms with van der Waals surface area (Å²) in [4.78, 5) is 27.9. The van der Waals surface area contributed by atoms with Crippen LogP contribution in [0.1, 0.15) is 50.6 Å². The Balaban J connectivity index is 1.52. The van der Waals surface area contributed by atoms with Crippen LogP contribution in [0.15, 0.2) is 79.0 Å². The first-order valence-electron chi connectivity index (χ1n) is 14.9. The Bertz CT molecular complexity index is 2050. The Labute approximate surface area is 272 Å². The highest BCUT2D eigenvalue weighted by Crippen LogP contribution is 2.45. The Kier molecular flexibility index (Phi) is 8.44. The number of hydrogen-bond donors (Lipinski definition) is 0. The first-order valence-corrected chi connectivity index (χ1v) is 16.1. The van der Waals surface area contributed by atoms with Crippen molar-refractivity contribution in [3.8, 4) is 33.0 Å². The number of aryl methyl sites for hydroxylation is 2. The minimum absolute atomic E-state index is 0.253. The highest BCUT2D eigenvalue weighted by molar-refractivity contribution is 7.22. The summed E-state index contributed by atoms with van der Waals surface area (Å²) in [7, 11) is 0. The van der Waals surface area contributed by atoms with Gasteiger partial charge in [-0.15, -0.1) is 11.3 Å². The smallest absolute Gasteiger partial charge is 0.339 e. The third kappa shape index (κ3) is 6.47. The van der Waals surface area contributed by atoms with E-state index in [9.17, 15) is 4.79 Å². The molecule has 3 heterocycles. The molecule has 6 rings (SSSR count). The van der Waals surface area contributed by atoms with Crippen LogP contribution in [-0.4, -0.2) is 33.1 Å². The molecule has 0 saturated carbocycles. The Morgan fingerprint density at radius 2 is 1.64 bits per heavy atom. The van der Waals surface area contributed by atoms with Gasteiger partial charge in [0.05, 0.1) is 33.6 Å². The Hall–Kier alpha value is -4.17. The van der Waals surface area contributed by atoms with Crippen LogP contribution in [0.4, 0.5) is 0 Å². The molecule has 3 aromatic heterocycles. The van der Waals surface area contributed by atoms with Gasteiger partial charge in [0.2, 0.25) is 0 Å². The monoisotopic (exact) mass is 635 g/mol. The molecule has 0 unspecified atom stereocenters. The van der Waals surface area contributed by atoms with Gasteiger partial charge in [-0.3, -0.25) is 9.97 Å². The second-order valence-corrected chi connectivity index (χ2v) is 13.4. The van der Waals surface area contributed by atoms with Gasteiger partial charge in [-0.05, 0) is 101 Å². The number of esters is 1. The predicted molar refractivity (Wildman–Crippen MR) is 184 cm³/mol. The van der Waals surface area contributed by atoms with E-state index in [-0.39, 0.29) is 6.61 Å². The number of carbonyl (C=O) groups is 1. The van der Waals surface area contributed by atoms with Crippen LogP contribution in [0.2, 0.25) is 5.02 Å². The lowest BCUT2D eigenvalue weighted by molar-refractivity contribution is -0.166. The molecule has 0 N–H and O–H groups in total. The maximum absolute atomic E-state index is 13.5. The molecule has 228 valence electrons. The van der Waals surface area contributed by atoms with Gasteiger partial charge in [-0.25, -0.2) is 9.78 Å². The molecule has 1 atom stereocenters. The third-order valence-corrected chi connectivity index (χ3v) is 8.82. The highest BCUT2D eigenvalue weighted by Gasteiger charge is 2.33. The van der Waals surface area contributed by atoms with Gasteiger partial charge in [0.15, 0.2) is 6.10 Å². The molecule has 0 aliphatic rings. The predicted octanol–water partition coefficient (Wildman–Crippen LogP) is 9.93. The number of rotatable bonds is 7. The molecule has 8 heteroatoms. The number of pyridine rings is 2. The fourth-order valence-corrected chi connectivity index (χ4v) is 6.73. The summed E-state index contributed by atoms with van der Waals surface area (Å²) < 4.78 is 12.9. The lowest BCUT2D eigenvalue weighted by atomic mass is 9.91. The maximum atomic E-state index is 13.5. The molecule has 6 aromatic rings. The van der Waals surface area contributed by atoms with Crippen molar-refractivity contribution in [2.45, 2.75) is 53.2 Å². The van der Waals surface area contributed by atoms with Crippen molar-refractivity contribution in [1.29, 1.82) is 0 Å². The Morgan fingerprint density at radius 3 is 2.38 bits per heavy atom. The molecule has 0 radical (unpaired) electrons. The second kappa shape index (κ2) is 12.3. The minimum atomic E-state index is -0.927. The number of benzene rings is 3. The fourth-order valence-electron chi connectivity index (χ4n) is 5.48. The Morgan fingerprint density at radius 1 is 0.889 bits per heavy atom. The molecule has 0 aliphatic carbocycles. The average Bonchev–Trinajstić information content (AvgIpc) is 3.43. The van der Waals surface area contributed by atoms with Crippen LogP contribution in [-0.2, 0) is 14.3 Å². The third-order valence-electron chi connectivity index (χ3n) is 7.43. The van der Waals surface area contributed by atoms with Crippen LogP contribution in [0, 0.1) is 13.8 Å². The van der Waals surface area contributed by atoms with Crippen molar-refractivity contribution in [1.82, 2.24) is 15.0 Å². The summed E-state index contributed by atoms with van der Waals surface area (Å²) >= 11 is 7.88. The summed E-state index contributed by atoms with van der Waals surface area (Å²) in [5.74, 6) is -0.422. The maximum Gasteiger partial charge on any atom is 0.339 e. The zero-order chi connectivity index (χ0) is 31.9. The SMILES string of the molecule is CCOC(=O)[C@@H](OC(C)(C)C)c1c(C)cc2nc(-c3ccnc(-c4ccc5nc(C)ccc5c4)c3)sc2c1-c1ccc(Cl)cc1. The van der Waals surface area contributed by atoms with Gasteiger partial charge in [-0.1, -0.05) is 35.9 Å². The van der Waals surface area contributed by atoms with Crippen LogP contribution in [0.25, 0.3) is 54.1 Å². The van der Waals surface area contributed by atoms with Crippen molar-refractivity contribution in [3.05, 3.63) is 101 Å². The number of carbonyl (C=O) groups excluding carboxylic acids is 1. The summed E-state index contributed by atoms with van der Waals surface area (Å²) in [6.07, 6.45) is 0.892. The van der Waals surface area contributed by atoms with Crippen LogP contribution >= 0.6 is 22.9 Å². The first-order chi connectivity index (χ1) is 21.5. The average molecular weight is 636 g/mol. The lowest BCUT2D eigenvalue weighted by Gasteiger charge is -2.29. The van der Waals surface area contributed by atoms with Crippen LogP contribution in [0.5, 0.6) is 0 Å². The van der Waals surface area contributed by atoms with Crippen molar-refractivity contribution in [3.63, 3.8) is 0 Å². The van der Waals surface area contributed by atoms with E-state index in [4.69, 9.17) is 26.1 Å². The fraction of sp³-hybridized carbons (Fsp3) is 0.243. The molecule has 45 heavy (non-hydrogen) atoms. The molecule has 6 nitrogen and oxygen atoms in total. The van der Waals surface area contributed by atoms with Gasteiger partial charge in [0, 0.05) is 44.6 Å². The van der Waals surface area contributed by atoms with Gasteiger partial charge in [0.25, 0.3) is 0 Å². The summed E-state index contributed by atoms with van der Waals surface area (Å²) in [5.41, 5.74) is 8.46. The quantitative estimate of drug-likeness (QED) is 0.163. The molecule has 0 fully saturated rings. The van der Waals surface area contributed by atoms with E-state index in [2.05, 4.69) is 34.2 Å². The van der Waals surface area contributed by atoms with Gasteiger partial charge >= 0.3 is 5.97 Å². The van der Waals surface area contributed by atoms with E-state index in [0.717, 1.165) is 70.9 Å². The van der Waals surface area contributed by atoms with Gasteiger partial charge < -0.3 is 9.47 Å². The van der Waals surface area contributed by atoms with E-state index < -0.39 is 17.7 Å². The molecular formula is C37H34ClN3O3S. The van der Waals surface area contributed by atoms with Crippen molar-refractivity contribution in [2.24, 2.45) is 0 Å². The minimum Gasteiger partial charge on any atom is -0.464 e. The normalized spacial score (nSPS) is 12.5. The van der Waals surface area contributed by atoms with Crippen LogP contribution < -0.4 is 0 Å². The second-order valence-electron chi connectivity index (χ2n) is 12.0. The van der Waals surface area contributed by atoms with Crippen molar-refractivity contribution >= 4 is 50.0 Å². The standard InChI is InChI=1S/C37H34ClN3O3S/c1-7-43-36(42)33(44-37(4,5)6)31-21(2)18-30-34(32(31)23-10-13-27(38)14-11-23)45-35(41-30)26-16-17-39-29(20-26)25-12-15-28-24(19-25)9-8-22(3)40-28/h8-20,33H,7H2,1-6H3/t33-/m0/s1. The molecule has 0 aliphatic heterocycles. The highest BCUT2D eigenvalue weighted by atomic mass is 35.5. The van der Waals surface area contributed by atoms with Gasteiger partial charge in [-0.2, -0.15) is 0 Å². The topological polar surface area (TPSA) is 74.2 Å². The molecule has 0 amide bonds. The largest absolute Gasteiger partial charge is 0.464 e. The number of ether oxygens (including phenoxy) is 2. The zero-order valence-corrected chi connectivity index (χ0v) is 27.7. The molecule has 0 bridgehead atoms. The number of halogens is 1. The van der Waals surface area contributed by atoms with Gasteiger partial charge in [0.1, 0.15) is 5.01 Å². The van der Waals surface area contributed by atoms with Crippen molar-refractivity contribution in [2.75, 3.05) is 6.61 Å². The number of fused-ring (bicyclic) bond motifs is 2. The molecule has 0 spiro atoms. The van der Waals surface area contributed by atoms with E-state index in [1.165, 1.54) is 0 Å². The van der Waals surface area contributed by atoms with Crippen LogP contribution in [0.3, 0.4) is 0 Å². The zero-order valence-electron chi connectivity index (χ0n) is 26.1. The summed E-state index contributed by atoms with van der Waals surface area (Å²) in [6.45, 7) is 11.9. The summed E-state index contributed by atoms with van der Waals surface area (Å²) in [5, 5.41) is 2.54. The van der Waals surface area contributed by atoms with E-state index in [1.54, 1.807) is 18.3 Å².